The van der Waals surface area contributed by atoms with E-state index in [0.29, 0.717) is 11.5 Å². The predicted octanol–water partition coefficient (Wildman–Crippen LogP) is 2.95. The predicted molar refractivity (Wildman–Crippen MR) is 89.6 cm³/mol. The highest BCUT2D eigenvalue weighted by atomic mass is 16.5. The molecule has 1 aromatic carbocycles. The van der Waals surface area contributed by atoms with Crippen molar-refractivity contribution in [1.82, 2.24) is 9.78 Å². The molecule has 0 spiro atoms. The Morgan fingerprint density at radius 1 is 1.32 bits per heavy atom. The minimum Gasteiger partial charge on any atom is -0.497 e. The van der Waals surface area contributed by atoms with Gasteiger partial charge in [0.05, 0.1) is 18.4 Å². The topological polar surface area (TPSA) is 59.4 Å². The number of aliphatic imine (C=N–C) groups is 1. The Morgan fingerprint density at radius 2 is 1.95 bits per heavy atom. The Labute approximate surface area is 130 Å². The van der Waals surface area contributed by atoms with Gasteiger partial charge in [0.15, 0.2) is 0 Å². The van der Waals surface area contributed by atoms with Crippen molar-refractivity contribution in [2.75, 3.05) is 13.7 Å². The van der Waals surface area contributed by atoms with E-state index >= 15 is 0 Å². The molecule has 0 unspecified atom stereocenters. The first kappa shape index (κ1) is 16.1. The maximum Gasteiger partial charge on any atom is 0.280 e. The zero-order chi connectivity index (χ0) is 16.3. The molecular weight excluding hydrogens is 278 g/mol. The van der Waals surface area contributed by atoms with Gasteiger partial charge in [0.2, 0.25) is 0 Å². The molecule has 5 heteroatoms. The van der Waals surface area contributed by atoms with Crippen molar-refractivity contribution in [2.24, 2.45) is 10.9 Å². The van der Waals surface area contributed by atoms with Gasteiger partial charge in [-0.05, 0) is 44.0 Å². The van der Waals surface area contributed by atoms with Crippen LogP contribution >= 0.6 is 0 Å². The fourth-order valence-corrected chi connectivity index (χ4v) is 2.28. The standard InChI is InChI=1S/C17H23N3O2/c1-11(2)10-18-12(3)16-13(4)19-20(17(16)21)14-6-8-15(22-5)9-7-14/h6-9,11,19H,10H2,1-5H3. The maximum absolute atomic E-state index is 12.7. The van der Waals surface area contributed by atoms with E-state index in [1.807, 2.05) is 38.1 Å². The Kier molecular flexibility index (Phi) is 4.85. The van der Waals surface area contributed by atoms with Crippen LogP contribution in [0.2, 0.25) is 0 Å². The summed E-state index contributed by atoms with van der Waals surface area (Å²) in [6.45, 7) is 8.72. The van der Waals surface area contributed by atoms with E-state index < -0.39 is 0 Å². The summed E-state index contributed by atoms with van der Waals surface area (Å²) in [6, 6.07) is 7.36. The molecule has 0 bridgehead atoms. The van der Waals surface area contributed by atoms with Gasteiger partial charge in [-0.3, -0.25) is 14.9 Å². The first-order valence-corrected chi connectivity index (χ1v) is 7.41. The van der Waals surface area contributed by atoms with Gasteiger partial charge < -0.3 is 4.74 Å². The summed E-state index contributed by atoms with van der Waals surface area (Å²) < 4.78 is 6.68. The Balaban J connectivity index is 2.42. The van der Waals surface area contributed by atoms with Crippen LogP contribution in [0.5, 0.6) is 5.75 Å². The number of aromatic nitrogens is 2. The molecule has 1 N–H and O–H groups in total. The molecule has 0 saturated carbocycles. The molecule has 0 saturated heterocycles. The summed E-state index contributed by atoms with van der Waals surface area (Å²) in [7, 11) is 1.62. The van der Waals surface area contributed by atoms with E-state index in [2.05, 4.69) is 23.9 Å². The fraction of sp³-hybridized carbons (Fsp3) is 0.412. The lowest BCUT2D eigenvalue weighted by Crippen LogP contribution is -2.20. The molecule has 0 amide bonds. The third-order valence-electron chi connectivity index (χ3n) is 3.46. The van der Waals surface area contributed by atoms with Crippen LogP contribution in [0.25, 0.3) is 5.69 Å². The normalized spacial score (nSPS) is 12.0. The average Bonchev–Trinajstić information content (AvgIpc) is 2.80. The number of nitrogens with one attached hydrogen (secondary N) is 1. The highest BCUT2D eigenvalue weighted by Crippen LogP contribution is 2.14. The summed E-state index contributed by atoms with van der Waals surface area (Å²) >= 11 is 0. The van der Waals surface area contributed by atoms with E-state index in [1.54, 1.807) is 11.8 Å². The second-order valence-corrected chi connectivity index (χ2v) is 5.77. The van der Waals surface area contributed by atoms with Gasteiger partial charge >= 0.3 is 0 Å². The number of rotatable bonds is 5. The van der Waals surface area contributed by atoms with Crippen LogP contribution in [-0.4, -0.2) is 29.1 Å². The Morgan fingerprint density at radius 3 is 2.50 bits per heavy atom. The molecule has 5 nitrogen and oxygen atoms in total. The molecule has 22 heavy (non-hydrogen) atoms. The van der Waals surface area contributed by atoms with Gasteiger partial charge in [-0.25, -0.2) is 4.68 Å². The second-order valence-electron chi connectivity index (χ2n) is 5.77. The monoisotopic (exact) mass is 301 g/mol. The smallest absolute Gasteiger partial charge is 0.280 e. The Bertz CT molecular complexity index is 721. The number of hydrogen-bond acceptors (Lipinski definition) is 3. The molecule has 0 aliphatic carbocycles. The minimum atomic E-state index is -0.0762. The Hall–Kier alpha value is -2.30. The fourth-order valence-electron chi connectivity index (χ4n) is 2.28. The molecule has 0 fully saturated rings. The molecule has 1 heterocycles. The largest absolute Gasteiger partial charge is 0.497 e. The van der Waals surface area contributed by atoms with E-state index in [9.17, 15) is 4.79 Å². The molecule has 0 atom stereocenters. The van der Waals surface area contributed by atoms with Crippen molar-refractivity contribution in [3.63, 3.8) is 0 Å². The van der Waals surface area contributed by atoms with Crippen molar-refractivity contribution < 1.29 is 4.74 Å². The highest BCUT2D eigenvalue weighted by molar-refractivity contribution is 5.99. The third kappa shape index (κ3) is 3.30. The van der Waals surface area contributed by atoms with Crippen molar-refractivity contribution in [2.45, 2.75) is 27.7 Å². The molecule has 1 aromatic heterocycles. The van der Waals surface area contributed by atoms with Crippen molar-refractivity contribution in [3.8, 4) is 11.4 Å². The SMILES string of the molecule is COc1ccc(-n2[nH]c(C)c(C(C)=NCC(C)C)c2=O)cc1. The lowest BCUT2D eigenvalue weighted by atomic mass is 10.1. The maximum atomic E-state index is 12.7. The number of aromatic amines is 1. The zero-order valence-corrected chi connectivity index (χ0v) is 13.8. The molecule has 118 valence electrons. The summed E-state index contributed by atoms with van der Waals surface area (Å²) in [5.41, 5.74) is 2.95. The van der Waals surface area contributed by atoms with Crippen LogP contribution in [0.1, 0.15) is 32.0 Å². The number of hydrogen-bond donors (Lipinski definition) is 1. The van der Waals surface area contributed by atoms with Gasteiger partial charge in [0.1, 0.15) is 5.75 Å². The number of methoxy groups -OCH3 is 1. The summed E-state index contributed by atoms with van der Waals surface area (Å²) in [5, 5.41) is 3.12. The van der Waals surface area contributed by atoms with Crippen LogP contribution < -0.4 is 10.3 Å². The lowest BCUT2D eigenvalue weighted by molar-refractivity contribution is 0.414. The average molecular weight is 301 g/mol. The van der Waals surface area contributed by atoms with Gasteiger partial charge in [-0.15, -0.1) is 0 Å². The van der Waals surface area contributed by atoms with E-state index in [4.69, 9.17) is 4.74 Å². The number of H-pyrrole nitrogens is 1. The molecule has 0 aliphatic rings. The number of nitrogens with zero attached hydrogens (tertiary/aromatic N) is 2. The molecule has 2 aromatic rings. The first-order valence-electron chi connectivity index (χ1n) is 7.41. The van der Waals surface area contributed by atoms with Gasteiger partial charge in [0.25, 0.3) is 5.56 Å². The quantitative estimate of drug-likeness (QED) is 0.863. The number of aryl methyl sites for hydroxylation is 1. The lowest BCUT2D eigenvalue weighted by Gasteiger charge is -2.03. The van der Waals surface area contributed by atoms with Crippen molar-refractivity contribution in [1.29, 1.82) is 0 Å². The van der Waals surface area contributed by atoms with Crippen molar-refractivity contribution in [3.05, 3.63) is 45.9 Å². The van der Waals surface area contributed by atoms with Gasteiger partial charge in [-0.1, -0.05) is 13.8 Å². The molecule has 0 radical (unpaired) electrons. The van der Waals surface area contributed by atoms with Crippen molar-refractivity contribution >= 4 is 5.71 Å². The van der Waals surface area contributed by atoms with Crippen LogP contribution in [0.4, 0.5) is 0 Å². The molecule has 0 aliphatic heterocycles. The van der Waals surface area contributed by atoms with Crippen LogP contribution in [0, 0.1) is 12.8 Å². The minimum absolute atomic E-state index is 0.0762. The summed E-state index contributed by atoms with van der Waals surface area (Å²) in [5.74, 6) is 1.23. The van der Waals surface area contributed by atoms with E-state index in [-0.39, 0.29) is 5.56 Å². The van der Waals surface area contributed by atoms with Crippen LogP contribution in [0.15, 0.2) is 34.1 Å². The van der Waals surface area contributed by atoms with E-state index in [1.165, 1.54) is 0 Å². The first-order chi connectivity index (χ1) is 10.4. The molecular formula is C17H23N3O2. The summed E-state index contributed by atoms with van der Waals surface area (Å²) in [6.07, 6.45) is 0. The van der Waals surface area contributed by atoms with Gasteiger partial charge in [-0.2, -0.15) is 0 Å². The zero-order valence-electron chi connectivity index (χ0n) is 13.8. The van der Waals surface area contributed by atoms with Crippen LogP contribution in [-0.2, 0) is 0 Å². The molecule has 2 rings (SSSR count). The van der Waals surface area contributed by atoms with E-state index in [0.717, 1.165) is 29.4 Å². The third-order valence-corrected chi connectivity index (χ3v) is 3.46. The summed E-state index contributed by atoms with van der Waals surface area (Å²) in [4.78, 5) is 17.2. The number of ether oxygens (including phenoxy) is 1. The highest BCUT2D eigenvalue weighted by Gasteiger charge is 2.15. The van der Waals surface area contributed by atoms with Crippen LogP contribution in [0.3, 0.4) is 0 Å². The number of benzene rings is 1. The second kappa shape index (κ2) is 6.64. The van der Waals surface area contributed by atoms with Gasteiger partial charge in [0, 0.05) is 18.0 Å².